The van der Waals surface area contributed by atoms with Gasteiger partial charge >= 0.3 is 0 Å². The lowest BCUT2D eigenvalue weighted by atomic mass is 10.3. The zero-order chi connectivity index (χ0) is 10.7. The predicted octanol–water partition coefficient (Wildman–Crippen LogP) is 1.50. The standard InChI is InChI=1S/C11H19N3S/c1-3-10-6-13-11(15-10)7-12-9-4-5-14(2)8-9/h6,9,12H,3-5,7-8H2,1-2H3. The van der Waals surface area contributed by atoms with Gasteiger partial charge in [-0.3, -0.25) is 0 Å². The van der Waals surface area contributed by atoms with Crippen LogP contribution in [-0.2, 0) is 13.0 Å². The van der Waals surface area contributed by atoms with E-state index >= 15 is 0 Å². The average Bonchev–Trinajstić information content (AvgIpc) is 2.83. The molecule has 1 unspecified atom stereocenters. The second kappa shape index (κ2) is 5.05. The molecule has 1 aliphatic rings. The molecule has 1 N–H and O–H groups in total. The molecule has 0 amide bonds. The van der Waals surface area contributed by atoms with Crippen LogP contribution in [0.2, 0.25) is 0 Å². The molecule has 1 aromatic heterocycles. The van der Waals surface area contributed by atoms with Gasteiger partial charge in [0.15, 0.2) is 0 Å². The fraction of sp³-hybridized carbons (Fsp3) is 0.727. The molecule has 0 bridgehead atoms. The number of likely N-dealkylation sites (N-methyl/N-ethyl adjacent to an activating group) is 1. The van der Waals surface area contributed by atoms with Gasteiger partial charge in [-0.15, -0.1) is 11.3 Å². The molecule has 15 heavy (non-hydrogen) atoms. The summed E-state index contributed by atoms with van der Waals surface area (Å²) in [6.07, 6.45) is 4.37. The second-order valence-electron chi connectivity index (χ2n) is 4.20. The van der Waals surface area contributed by atoms with Crippen LogP contribution in [0.15, 0.2) is 6.20 Å². The van der Waals surface area contributed by atoms with Gasteiger partial charge in [-0.05, 0) is 26.4 Å². The lowest BCUT2D eigenvalue weighted by Crippen LogP contribution is -2.30. The highest BCUT2D eigenvalue weighted by molar-refractivity contribution is 7.11. The summed E-state index contributed by atoms with van der Waals surface area (Å²) in [5, 5.41) is 4.80. The topological polar surface area (TPSA) is 28.2 Å². The van der Waals surface area contributed by atoms with E-state index < -0.39 is 0 Å². The van der Waals surface area contributed by atoms with E-state index in [-0.39, 0.29) is 0 Å². The van der Waals surface area contributed by atoms with Crippen LogP contribution in [0.3, 0.4) is 0 Å². The van der Waals surface area contributed by atoms with Gasteiger partial charge in [-0.1, -0.05) is 6.92 Å². The molecule has 84 valence electrons. The Morgan fingerprint density at radius 3 is 3.13 bits per heavy atom. The van der Waals surface area contributed by atoms with Gasteiger partial charge in [0.1, 0.15) is 5.01 Å². The monoisotopic (exact) mass is 225 g/mol. The van der Waals surface area contributed by atoms with E-state index in [1.807, 2.05) is 17.5 Å². The molecule has 0 saturated carbocycles. The highest BCUT2D eigenvalue weighted by Gasteiger charge is 2.18. The molecule has 2 rings (SSSR count). The molecule has 1 aromatic rings. The van der Waals surface area contributed by atoms with E-state index in [2.05, 4.69) is 29.2 Å². The predicted molar refractivity (Wildman–Crippen MR) is 64.2 cm³/mol. The number of nitrogens with one attached hydrogen (secondary N) is 1. The maximum atomic E-state index is 4.41. The number of likely N-dealkylation sites (tertiary alicyclic amines) is 1. The molecule has 1 fully saturated rings. The molecule has 1 atom stereocenters. The minimum absolute atomic E-state index is 0.656. The van der Waals surface area contributed by atoms with Crippen LogP contribution < -0.4 is 5.32 Å². The first-order valence-electron chi connectivity index (χ1n) is 5.63. The first-order valence-corrected chi connectivity index (χ1v) is 6.45. The molecule has 0 aliphatic carbocycles. The lowest BCUT2D eigenvalue weighted by molar-refractivity contribution is 0.397. The largest absolute Gasteiger partial charge is 0.306 e. The van der Waals surface area contributed by atoms with Crippen LogP contribution in [-0.4, -0.2) is 36.1 Å². The summed E-state index contributed by atoms with van der Waals surface area (Å²) in [6, 6.07) is 0.656. The quantitative estimate of drug-likeness (QED) is 0.841. The summed E-state index contributed by atoms with van der Waals surface area (Å²) in [5.41, 5.74) is 0. The van der Waals surface area contributed by atoms with E-state index in [0.29, 0.717) is 6.04 Å². The number of rotatable bonds is 4. The van der Waals surface area contributed by atoms with Crippen molar-refractivity contribution in [3.63, 3.8) is 0 Å². The molecule has 1 saturated heterocycles. The summed E-state index contributed by atoms with van der Waals surface area (Å²) >= 11 is 1.83. The summed E-state index contributed by atoms with van der Waals surface area (Å²) in [5.74, 6) is 0. The molecule has 0 spiro atoms. The summed E-state index contributed by atoms with van der Waals surface area (Å²) in [4.78, 5) is 8.17. The van der Waals surface area contributed by atoms with Crippen molar-refractivity contribution in [2.75, 3.05) is 20.1 Å². The third-order valence-corrected chi connectivity index (χ3v) is 4.02. The molecule has 3 nitrogen and oxygen atoms in total. The third kappa shape index (κ3) is 3.00. The van der Waals surface area contributed by atoms with Crippen molar-refractivity contribution in [1.29, 1.82) is 0 Å². The maximum Gasteiger partial charge on any atom is 0.107 e. The molecular formula is C11H19N3S. The Morgan fingerprint density at radius 2 is 2.53 bits per heavy atom. The van der Waals surface area contributed by atoms with Crippen molar-refractivity contribution in [2.45, 2.75) is 32.4 Å². The Hall–Kier alpha value is -0.450. The number of aryl methyl sites for hydroxylation is 1. The average molecular weight is 225 g/mol. The number of hydrogen-bond donors (Lipinski definition) is 1. The van der Waals surface area contributed by atoms with Gasteiger partial charge in [0.2, 0.25) is 0 Å². The van der Waals surface area contributed by atoms with Gasteiger partial charge in [0.25, 0.3) is 0 Å². The van der Waals surface area contributed by atoms with Gasteiger partial charge < -0.3 is 10.2 Å². The Morgan fingerprint density at radius 1 is 1.67 bits per heavy atom. The van der Waals surface area contributed by atoms with Crippen LogP contribution in [0.1, 0.15) is 23.2 Å². The number of thiazole rings is 1. The maximum absolute atomic E-state index is 4.41. The molecule has 2 heterocycles. The minimum atomic E-state index is 0.656. The number of hydrogen-bond acceptors (Lipinski definition) is 4. The zero-order valence-electron chi connectivity index (χ0n) is 9.49. The Bertz CT molecular complexity index is 311. The summed E-state index contributed by atoms with van der Waals surface area (Å²) in [7, 11) is 2.18. The third-order valence-electron chi connectivity index (χ3n) is 2.88. The normalized spacial score (nSPS) is 22.4. The van der Waals surface area contributed by atoms with Gasteiger partial charge in [0.05, 0.1) is 0 Å². The van der Waals surface area contributed by atoms with Crippen molar-refractivity contribution < 1.29 is 0 Å². The first kappa shape index (κ1) is 11.0. The molecule has 4 heteroatoms. The Balaban J connectivity index is 1.77. The summed E-state index contributed by atoms with van der Waals surface area (Å²) < 4.78 is 0. The smallest absolute Gasteiger partial charge is 0.107 e. The Labute approximate surface area is 95.5 Å². The van der Waals surface area contributed by atoms with Gasteiger partial charge in [-0.2, -0.15) is 0 Å². The van der Waals surface area contributed by atoms with Crippen LogP contribution in [0, 0.1) is 0 Å². The minimum Gasteiger partial charge on any atom is -0.306 e. The van der Waals surface area contributed by atoms with Crippen LogP contribution in [0.4, 0.5) is 0 Å². The molecule has 0 radical (unpaired) electrons. The molecular weight excluding hydrogens is 206 g/mol. The van der Waals surface area contributed by atoms with E-state index in [4.69, 9.17) is 0 Å². The first-order chi connectivity index (χ1) is 7.28. The lowest BCUT2D eigenvalue weighted by Gasteiger charge is -2.11. The molecule has 1 aliphatic heterocycles. The number of aromatic nitrogens is 1. The SMILES string of the molecule is CCc1cnc(CNC2CCN(C)C2)s1. The number of nitrogens with zero attached hydrogens (tertiary/aromatic N) is 2. The molecule has 0 aromatic carbocycles. The van der Waals surface area contributed by atoms with Crippen LogP contribution in [0.25, 0.3) is 0 Å². The van der Waals surface area contributed by atoms with Crippen molar-refractivity contribution in [3.05, 3.63) is 16.1 Å². The van der Waals surface area contributed by atoms with E-state index in [9.17, 15) is 0 Å². The van der Waals surface area contributed by atoms with E-state index in [0.717, 1.165) is 13.0 Å². The van der Waals surface area contributed by atoms with Gasteiger partial charge in [0, 0.05) is 30.2 Å². The fourth-order valence-corrected chi connectivity index (χ4v) is 2.74. The van der Waals surface area contributed by atoms with Crippen LogP contribution in [0.5, 0.6) is 0 Å². The van der Waals surface area contributed by atoms with Crippen molar-refractivity contribution >= 4 is 11.3 Å². The van der Waals surface area contributed by atoms with E-state index in [1.54, 1.807) is 0 Å². The zero-order valence-corrected chi connectivity index (χ0v) is 10.3. The second-order valence-corrected chi connectivity index (χ2v) is 5.40. The van der Waals surface area contributed by atoms with E-state index in [1.165, 1.54) is 29.4 Å². The van der Waals surface area contributed by atoms with Gasteiger partial charge in [-0.25, -0.2) is 4.98 Å². The highest BCUT2D eigenvalue weighted by atomic mass is 32.1. The van der Waals surface area contributed by atoms with Crippen LogP contribution >= 0.6 is 11.3 Å². The summed E-state index contributed by atoms with van der Waals surface area (Å²) in [6.45, 7) is 5.50. The van der Waals surface area contributed by atoms with Crippen molar-refractivity contribution in [3.8, 4) is 0 Å². The van der Waals surface area contributed by atoms with Crippen molar-refractivity contribution in [2.24, 2.45) is 0 Å². The Kier molecular flexibility index (Phi) is 3.72. The van der Waals surface area contributed by atoms with Crippen molar-refractivity contribution in [1.82, 2.24) is 15.2 Å². The fourth-order valence-electron chi connectivity index (χ4n) is 1.93. The highest BCUT2D eigenvalue weighted by Crippen LogP contribution is 2.14.